The zero-order valence-electron chi connectivity index (χ0n) is 9.69. The molecule has 3 heteroatoms. The number of hydrogen-bond donors (Lipinski definition) is 0. The molecule has 1 fully saturated rings. The minimum absolute atomic E-state index is 0.452. The fraction of sp³-hybridized carbons (Fsp3) is 0.500. The summed E-state index contributed by atoms with van der Waals surface area (Å²) in [6.07, 6.45) is 2.62. The molecule has 15 heavy (non-hydrogen) atoms. The lowest BCUT2D eigenvalue weighted by Crippen LogP contribution is -2.56. The summed E-state index contributed by atoms with van der Waals surface area (Å²) in [5.41, 5.74) is 1.41. The maximum absolute atomic E-state index is 2.45. The summed E-state index contributed by atoms with van der Waals surface area (Å²) in [5, 5.41) is 0. The predicted molar refractivity (Wildman–Crippen MR) is 66.3 cm³/mol. The summed E-state index contributed by atoms with van der Waals surface area (Å²) in [5.74, 6) is 0. The van der Waals surface area contributed by atoms with Crippen LogP contribution in [-0.2, 0) is 0 Å². The van der Waals surface area contributed by atoms with E-state index in [9.17, 15) is 0 Å². The molecule has 0 N–H and O–H groups in total. The van der Waals surface area contributed by atoms with Crippen LogP contribution in [0.25, 0.3) is 0 Å². The van der Waals surface area contributed by atoms with Crippen LogP contribution in [0.2, 0.25) is 0 Å². The molecule has 1 aromatic carbocycles. The van der Waals surface area contributed by atoms with E-state index in [2.05, 4.69) is 54.0 Å². The Balaban J connectivity index is 2.23. The van der Waals surface area contributed by atoms with Crippen LogP contribution < -0.4 is 5.46 Å². The van der Waals surface area contributed by atoms with Gasteiger partial charge in [0.1, 0.15) is 0 Å². The molecule has 0 radical (unpaired) electrons. The molecule has 0 aliphatic carbocycles. The predicted octanol–water partition coefficient (Wildman–Crippen LogP) is 1.04. The number of benzene rings is 1. The topological polar surface area (TPSA) is 6.48 Å². The van der Waals surface area contributed by atoms with Crippen LogP contribution in [0.5, 0.6) is 0 Å². The molecule has 0 atom stereocenters. The van der Waals surface area contributed by atoms with Crippen LogP contribution in [0, 0.1) is 0 Å². The highest BCUT2D eigenvalue weighted by Gasteiger charge is 2.28. The Hall–Kier alpha value is -0.795. The van der Waals surface area contributed by atoms with Crippen molar-refractivity contribution in [2.24, 2.45) is 0 Å². The lowest BCUT2D eigenvalue weighted by molar-refractivity contribution is 0.481. The molecular formula is C12H19BN2. The van der Waals surface area contributed by atoms with Gasteiger partial charge in [-0.15, -0.1) is 0 Å². The fourth-order valence-corrected chi connectivity index (χ4v) is 2.44. The number of nitrogens with zero attached hydrogens (tertiary/aromatic N) is 2. The fourth-order valence-electron chi connectivity index (χ4n) is 2.44. The van der Waals surface area contributed by atoms with Crippen molar-refractivity contribution in [2.75, 3.05) is 27.2 Å². The normalized spacial score (nSPS) is 20.3. The molecular weight excluding hydrogens is 183 g/mol. The molecule has 2 rings (SSSR count). The largest absolute Gasteiger partial charge is 0.345 e. The molecule has 2 nitrogen and oxygen atoms in total. The maximum atomic E-state index is 2.45. The third kappa shape index (κ3) is 2.41. The molecule has 1 aliphatic rings. The van der Waals surface area contributed by atoms with Crippen LogP contribution in [0.1, 0.15) is 12.8 Å². The van der Waals surface area contributed by atoms with Crippen LogP contribution in [0.3, 0.4) is 0 Å². The van der Waals surface area contributed by atoms with Gasteiger partial charge >= 0.3 is 6.98 Å². The van der Waals surface area contributed by atoms with Crippen molar-refractivity contribution in [3.8, 4) is 0 Å². The van der Waals surface area contributed by atoms with Gasteiger partial charge in [-0.25, -0.2) is 0 Å². The first-order valence-electron chi connectivity index (χ1n) is 5.74. The van der Waals surface area contributed by atoms with Crippen molar-refractivity contribution in [1.82, 2.24) is 9.62 Å². The third-order valence-corrected chi connectivity index (χ3v) is 3.20. The van der Waals surface area contributed by atoms with Gasteiger partial charge in [0, 0.05) is 0 Å². The van der Waals surface area contributed by atoms with Crippen LogP contribution >= 0.6 is 0 Å². The summed E-state index contributed by atoms with van der Waals surface area (Å²) in [4.78, 5) is 4.89. The molecule has 1 aromatic rings. The van der Waals surface area contributed by atoms with Crippen molar-refractivity contribution in [1.29, 1.82) is 0 Å². The lowest BCUT2D eigenvalue weighted by atomic mass is 9.65. The van der Waals surface area contributed by atoms with Crippen molar-refractivity contribution in [3.05, 3.63) is 30.3 Å². The standard InChI is InChI=1S/C12H19BN2/c1-14-10-6-7-11-15(2)13(14)12-8-4-3-5-9-12/h3-5,8-9H,6-7,10-11H2,1-2H3. The minimum Gasteiger partial charge on any atom is -0.327 e. The van der Waals surface area contributed by atoms with E-state index in [1.54, 1.807) is 0 Å². The maximum Gasteiger partial charge on any atom is 0.345 e. The van der Waals surface area contributed by atoms with Gasteiger partial charge in [-0.05, 0) is 45.5 Å². The second-order valence-corrected chi connectivity index (χ2v) is 4.45. The van der Waals surface area contributed by atoms with Gasteiger partial charge in [-0.2, -0.15) is 0 Å². The highest BCUT2D eigenvalue weighted by Crippen LogP contribution is 2.07. The van der Waals surface area contributed by atoms with Gasteiger partial charge in [0.2, 0.25) is 0 Å². The Morgan fingerprint density at radius 2 is 1.47 bits per heavy atom. The lowest BCUT2D eigenvalue weighted by Gasteiger charge is -2.29. The number of hydrogen-bond acceptors (Lipinski definition) is 2. The van der Waals surface area contributed by atoms with Crippen LogP contribution in [0.15, 0.2) is 30.3 Å². The van der Waals surface area contributed by atoms with E-state index in [1.807, 2.05) is 0 Å². The van der Waals surface area contributed by atoms with Gasteiger partial charge in [0.15, 0.2) is 0 Å². The summed E-state index contributed by atoms with van der Waals surface area (Å²) < 4.78 is 0. The molecule has 0 aromatic heterocycles. The highest BCUT2D eigenvalue weighted by atomic mass is 15.2. The van der Waals surface area contributed by atoms with Crippen LogP contribution in [0.4, 0.5) is 0 Å². The molecule has 0 amide bonds. The summed E-state index contributed by atoms with van der Waals surface area (Å²) in [6, 6.07) is 10.8. The molecule has 1 aliphatic heterocycles. The van der Waals surface area contributed by atoms with E-state index < -0.39 is 0 Å². The second-order valence-electron chi connectivity index (χ2n) is 4.45. The summed E-state index contributed by atoms with van der Waals surface area (Å²) in [6.45, 7) is 2.85. The molecule has 0 bridgehead atoms. The molecule has 1 heterocycles. The zero-order valence-corrected chi connectivity index (χ0v) is 9.69. The van der Waals surface area contributed by atoms with Gasteiger partial charge in [0.05, 0.1) is 0 Å². The van der Waals surface area contributed by atoms with Crippen molar-refractivity contribution >= 4 is 12.4 Å². The first-order valence-corrected chi connectivity index (χ1v) is 5.74. The average molecular weight is 202 g/mol. The van der Waals surface area contributed by atoms with Crippen molar-refractivity contribution in [2.45, 2.75) is 12.8 Å². The third-order valence-electron chi connectivity index (χ3n) is 3.20. The summed E-state index contributed by atoms with van der Waals surface area (Å²) >= 11 is 0. The van der Waals surface area contributed by atoms with E-state index in [4.69, 9.17) is 0 Å². The van der Waals surface area contributed by atoms with Gasteiger partial charge < -0.3 is 9.62 Å². The molecule has 0 saturated carbocycles. The van der Waals surface area contributed by atoms with Gasteiger partial charge in [0.25, 0.3) is 0 Å². The Bertz CT molecular complexity index is 290. The Kier molecular flexibility index (Phi) is 3.44. The quantitative estimate of drug-likeness (QED) is 0.628. The molecule has 1 saturated heterocycles. The monoisotopic (exact) mass is 202 g/mol. The van der Waals surface area contributed by atoms with Gasteiger partial charge in [-0.3, -0.25) is 0 Å². The van der Waals surface area contributed by atoms with E-state index in [0.717, 1.165) is 0 Å². The van der Waals surface area contributed by atoms with E-state index >= 15 is 0 Å². The second kappa shape index (κ2) is 4.82. The molecule has 80 valence electrons. The average Bonchev–Trinajstić information content (AvgIpc) is 2.41. The zero-order chi connectivity index (χ0) is 10.7. The highest BCUT2D eigenvalue weighted by molar-refractivity contribution is 6.68. The SMILES string of the molecule is CN1CCCCN(C)B1c1ccccc1. The van der Waals surface area contributed by atoms with Crippen molar-refractivity contribution in [3.63, 3.8) is 0 Å². The Labute approximate surface area is 93.0 Å². The Morgan fingerprint density at radius 3 is 2.00 bits per heavy atom. The smallest absolute Gasteiger partial charge is 0.327 e. The van der Waals surface area contributed by atoms with Crippen molar-refractivity contribution < 1.29 is 0 Å². The molecule has 0 spiro atoms. The van der Waals surface area contributed by atoms with E-state index in [1.165, 1.54) is 31.4 Å². The first-order chi connectivity index (χ1) is 7.29. The van der Waals surface area contributed by atoms with E-state index in [-0.39, 0.29) is 0 Å². The summed E-state index contributed by atoms with van der Waals surface area (Å²) in [7, 11) is 4.44. The minimum atomic E-state index is 0.452. The van der Waals surface area contributed by atoms with E-state index in [0.29, 0.717) is 6.98 Å². The van der Waals surface area contributed by atoms with Crippen LogP contribution in [-0.4, -0.2) is 43.8 Å². The number of rotatable bonds is 1. The molecule has 0 unspecified atom stereocenters. The van der Waals surface area contributed by atoms with Gasteiger partial charge in [-0.1, -0.05) is 30.3 Å². The first kappa shape index (κ1) is 10.7. The Morgan fingerprint density at radius 1 is 0.933 bits per heavy atom.